The lowest BCUT2D eigenvalue weighted by Crippen LogP contribution is -2.41. The van der Waals surface area contributed by atoms with Crippen molar-refractivity contribution in [1.29, 1.82) is 5.26 Å². The molecule has 1 heterocycles. The van der Waals surface area contributed by atoms with Crippen LogP contribution in [0.15, 0.2) is 66.4 Å². The Morgan fingerprint density at radius 2 is 1.73 bits per heavy atom. The number of hydrogen-bond donors (Lipinski definition) is 1. The van der Waals surface area contributed by atoms with Gasteiger partial charge in [0.2, 0.25) is 0 Å². The number of nitrogens with one attached hydrogen (secondary N) is 1. The molecule has 0 bridgehead atoms. The number of hydrogen-bond acceptors (Lipinski definition) is 5. The van der Waals surface area contributed by atoms with E-state index < -0.39 is 0 Å². The minimum atomic E-state index is -0.285. The van der Waals surface area contributed by atoms with Gasteiger partial charge in [-0.3, -0.25) is 4.79 Å². The topological polar surface area (TPSA) is 74.6 Å². The van der Waals surface area contributed by atoms with E-state index in [9.17, 15) is 10.1 Å². The fraction of sp³-hybridized carbons (Fsp3) is 0.200. The molecular formula is C20H19N3O3. The fourth-order valence-electron chi connectivity index (χ4n) is 2.48. The van der Waals surface area contributed by atoms with Gasteiger partial charge in [-0.25, -0.2) is 0 Å². The van der Waals surface area contributed by atoms with E-state index >= 15 is 0 Å². The van der Waals surface area contributed by atoms with Crippen molar-refractivity contribution in [3.05, 3.63) is 66.4 Å². The number of nitrogens with zero attached hydrogens (tertiary/aromatic N) is 2. The van der Waals surface area contributed by atoms with Crippen LogP contribution in [0.2, 0.25) is 0 Å². The Morgan fingerprint density at radius 1 is 1.08 bits per heavy atom. The van der Waals surface area contributed by atoms with Crippen molar-refractivity contribution < 1.29 is 14.3 Å². The Balaban J connectivity index is 1.61. The molecule has 1 amide bonds. The van der Waals surface area contributed by atoms with Crippen molar-refractivity contribution in [2.24, 2.45) is 0 Å². The van der Waals surface area contributed by atoms with E-state index in [1.807, 2.05) is 60.7 Å². The average Bonchev–Trinajstić information content (AvgIpc) is 2.71. The molecule has 0 radical (unpaired) electrons. The fourth-order valence-corrected chi connectivity index (χ4v) is 2.48. The molecule has 0 saturated carbocycles. The first kappa shape index (κ1) is 17.5. The molecule has 0 aliphatic carbocycles. The monoisotopic (exact) mass is 349 g/mol. The third kappa shape index (κ3) is 4.62. The van der Waals surface area contributed by atoms with Crippen LogP contribution in [-0.2, 0) is 9.53 Å². The normalized spacial score (nSPS) is 14.4. The Hall–Kier alpha value is -3.30. The summed E-state index contributed by atoms with van der Waals surface area (Å²) in [5.41, 5.74) is 0.824. The zero-order valence-electron chi connectivity index (χ0n) is 14.2. The molecule has 0 spiro atoms. The van der Waals surface area contributed by atoms with Gasteiger partial charge in [-0.15, -0.1) is 0 Å². The molecule has 1 fully saturated rings. The van der Waals surface area contributed by atoms with Crippen LogP contribution in [0.3, 0.4) is 0 Å². The number of carbonyl (C=O) groups is 1. The van der Waals surface area contributed by atoms with Crippen LogP contribution in [0.4, 0.5) is 5.69 Å². The van der Waals surface area contributed by atoms with E-state index in [1.165, 1.54) is 6.20 Å². The van der Waals surface area contributed by atoms with Crippen LogP contribution in [0.25, 0.3) is 0 Å². The highest BCUT2D eigenvalue weighted by molar-refractivity contribution is 5.97. The van der Waals surface area contributed by atoms with E-state index in [2.05, 4.69) is 5.32 Å². The summed E-state index contributed by atoms with van der Waals surface area (Å²) < 4.78 is 11.0. The molecule has 0 atom stereocenters. The summed E-state index contributed by atoms with van der Waals surface area (Å²) in [5, 5.41) is 12.2. The standard InChI is InChI=1S/C20H19N3O3/c21-14-16(20(24)23-10-12-25-13-11-23)15-22-17-6-8-19(9-7-17)26-18-4-2-1-3-5-18/h1-9,15,22H,10-13H2/b16-15-. The summed E-state index contributed by atoms with van der Waals surface area (Å²) in [7, 11) is 0. The second-order valence-electron chi connectivity index (χ2n) is 5.66. The largest absolute Gasteiger partial charge is 0.457 e. The molecule has 132 valence electrons. The number of ether oxygens (including phenoxy) is 2. The summed E-state index contributed by atoms with van der Waals surface area (Å²) in [4.78, 5) is 13.9. The van der Waals surface area contributed by atoms with Crippen LogP contribution < -0.4 is 10.1 Å². The Morgan fingerprint density at radius 3 is 2.38 bits per heavy atom. The quantitative estimate of drug-likeness (QED) is 0.663. The molecule has 2 aromatic rings. The van der Waals surface area contributed by atoms with Gasteiger partial charge in [0.15, 0.2) is 0 Å². The maximum atomic E-state index is 12.3. The van der Waals surface area contributed by atoms with Gasteiger partial charge >= 0.3 is 0 Å². The highest BCUT2D eigenvalue weighted by Gasteiger charge is 2.20. The number of para-hydroxylation sites is 1. The first-order chi connectivity index (χ1) is 12.8. The molecular weight excluding hydrogens is 330 g/mol. The number of benzene rings is 2. The number of carbonyl (C=O) groups excluding carboxylic acids is 1. The van der Waals surface area contributed by atoms with Gasteiger partial charge in [0.25, 0.3) is 5.91 Å². The van der Waals surface area contributed by atoms with E-state index in [0.717, 1.165) is 11.4 Å². The van der Waals surface area contributed by atoms with Gasteiger partial charge in [-0.05, 0) is 36.4 Å². The maximum absolute atomic E-state index is 12.3. The summed E-state index contributed by atoms with van der Waals surface area (Å²) >= 11 is 0. The van der Waals surface area contributed by atoms with Crippen molar-refractivity contribution in [2.75, 3.05) is 31.6 Å². The van der Waals surface area contributed by atoms with E-state index in [-0.39, 0.29) is 11.5 Å². The molecule has 0 unspecified atom stereocenters. The zero-order chi connectivity index (χ0) is 18.2. The van der Waals surface area contributed by atoms with Gasteiger partial charge in [0.1, 0.15) is 23.1 Å². The van der Waals surface area contributed by atoms with Gasteiger partial charge in [-0.1, -0.05) is 18.2 Å². The van der Waals surface area contributed by atoms with Gasteiger partial charge in [0.05, 0.1) is 13.2 Å². The number of amides is 1. The molecule has 3 rings (SSSR count). The van der Waals surface area contributed by atoms with Crippen LogP contribution >= 0.6 is 0 Å². The summed E-state index contributed by atoms with van der Waals surface area (Å²) in [6, 6.07) is 18.7. The molecule has 6 heteroatoms. The van der Waals surface area contributed by atoms with Crippen molar-refractivity contribution in [1.82, 2.24) is 4.90 Å². The molecule has 26 heavy (non-hydrogen) atoms. The third-order valence-corrected chi connectivity index (χ3v) is 3.87. The minimum absolute atomic E-state index is 0.0662. The third-order valence-electron chi connectivity index (χ3n) is 3.87. The van der Waals surface area contributed by atoms with Crippen LogP contribution in [-0.4, -0.2) is 37.1 Å². The zero-order valence-corrected chi connectivity index (χ0v) is 14.2. The Kier molecular flexibility index (Phi) is 5.86. The maximum Gasteiger partial charge on any atom is 0.266 e. The Labute approximate surface area is 152 Å². The van der Waals surface area contributed by atoms with Crippen LogP contribution in [0, 0.1) is 11.3 Å². The van der Waals surface area contributed by atoms with Gasteiger partial charge < -0.3 is 19.7 Å². The molecule has 1 aliphatic rings. The lowest BCUT2D eigenvalue weighted by atomic mass is 10.2. The predicted molar refractivity (Wildman–Crippen MR) is 97.7 cm³/mol. The van der Waals surface area contributed by atoms with E-state index in [4.69, 9.17) is 9.47 Å². The molecule has 2 aromatic carbocycles. The highest BCUT2D eigenvalue weighted by atomic mass is 16.5. The number of nitriles is 1. The van der Waals surface area contributed by atoms with Crippen molar-refractivity contribution in [3.8, 4) is 17.6 Å². The summed E-state index contributed by atoms with van der Waals surface area (Å²) in [6.07, 6.45) is 1.44. The number of rotatable bonds is 5. The molecule has 6 nitrogen and oxygen atoms in total. The summed E-state index contributed by atoms with van der Waals surface area (Å²) in [6.45, 7) is 2.01. The van der Waals surface area contributed by atoms with E-state index in [0.29, 0.717) is 32.1 Å². The predicted octanol–water partition coefficient (Wildman–Crippen LogP) is 3.16. The Bertz CT molecular complexity index is 804. The van der Waals surface area contributed by atoms with Gasteiger partial charge in [-0.2, -0.15) is 5.26 Å². The lowest BCUT2D eigenvalue weighted by Gasteiger charge is -2.26. The second kappa shape index (κ2) is 8.70. The number of morpholine rings is 1. The van der Waals surface area contributed by atoms with Gasteiger partial charge in [0, 0.05) is 25.0 Å². The van der Waals surface area contributed by atoms with Crippen LogP contribution in [0.1, 0.15) is 0 Å². The number of anilines is 1. The molecule has 1 N–H and O–H groups in total. The van der Waals surface area contributed by atoms with Crippen molar-refractivity contribution in [2.45, 2.75) is 0 Å². The lowest BCUT2D eigenvalue weighted by molar-refractivity contribution is -0.130. The van der Waals surface area contributed by atoms with E-state index in [1.54, 1.807) is 4.90 Å². The summed E-state index contributed by atoms with van der Waals surface area (Å²) in [5.74, 6) is 1.18. The second-order valence-corrected chi connectivity index (χ2v) is 5.66. The smallest absolute Gasteiger partial charge is 0.266 e. The van der Waals surface area contributed by atoms with Crippen LogP contribution in [0.5, 0.6) is 11.5 Å². The first-order valence-electron chi connectivity index (χ1n) is 8.33. The first-order valence-corrected chi connectivity index (χ1v) is 8.33. The molecule has 0 aromatic heterocycles. The molecule has 1 saturated heterocycles. The SMILES string of the molecule is N#C/C(=C/Nc1ccc(Oc2ccccc2)cc1)C(=O)N1CCOCC1. The minimum Gasteiger partial charge on any atom is -0.457 e. The molecule has 1 aliphatic heterocycles. The average molecular weight is 349 g/mol. The highest BCUT2D eigenvalue weighted by Crippen LogP contribution is 2.22. The van der Waals surface area contributed by atoms with Crippen molar-refractivity contribution in [3.63, 3.8) is 0 Å². The van der Waals surface area contributed by atoms with Crippen molar-refractivity contribution >= 4 is 11.6 Å².